The minimum atomic E-state index is -0.0253. The predicted octanol–water partition coefficient (Wildman–Crippen LogP) is 1.78. The Balaban J connectivity index is 2.24. The topological polar surface area (TPSA) is 41.6 Å². The van der Waals surface area contributed by atoms with Crippen molar-refractivity contribution in [3.05, 3.63) is 28.8 Å². The largest absolute Gasteiger partial charge is 0.496 e. The highest BCUT2D eigenvalue weighted by Gasteiger charge is 2.24. The SMILES string of the molecule is COc1ccc(Cl)cc1C(=O)N1CCNC(C)C1. The third-order valence-electron chi connectivity index (χ3n) is 3.05. The van der Waals surface area contributed by atoms with Gasteiger partial charge in [0.15, 0.2) is 0 Å². The molecule has 0 saturated carbocycles. The van der Waals surface area contributed by atoms with Crippen LogP contribution >= 0.6 is 11.6 Å². The summed E-state index contributed by atoms with van der Waals surface area (Å²) >= 11 is 5.95. The maximum atomic E-state index is 12.4. The van der Waals surface area contributed by atoms with Crippen LogP contribution in [0.2, 0.25) is 5.02 Å². The lowest BCUT2D eigenvalue weighted by molar-refractivity contribution is 0.0705. The molecule has 0 bridgehead atoms. The fourth-order valence-electron chi connectivity index (χ4n) is 2.13. The number of carbonyl (C=O) groups is 1. The maximum Gasteiger partial charge on any atom is 0.257 e. The second kappa shape index (κ2) is 5.59. The number of hydrogen-bond acceptors (Lipinski definition) is 3. The summed E-state index contributed by atoms with van der Waals surface area (Å²) in [5, 5.41) is 3.85. The van der Waals surface area contributed by atoms with Gasteiger partial charge < -0.3 is 15.0 Å². The van der Waals surface area contributed by atoms with Crippen LogP contribution in [0.4, 0.5) is 0 Å². The number of amides is 1. The minimum absolute atomic E-state index is 0.0253. The molecule has 1 saturated heterocycles. The van der Waals surface area contributed by atoms with E-state index < -0.39 is 0 Å². The standard InChI is InChI=1S/C13H17ClN2O2/c1-9-8-16(6-5-15-9)13(17)11-7-10(14)3-4-12(11)18-2/h3-4,7,9,15H,5-6,8H2,1-2H3. The van der Waals surface area contributed by atoms with Crippen LogP contribution in [0.15, 0.2) is 18.2 Å². The van der Waals surface area contributed by atoms with E-state index in [0.29, 0.717) is 35.5 Å². The molecule has 18 heavy (non-hydrogen) atoms. The van der Waals surface area contributed by atoms with Crippen LogP contribution in [-0.2, 0) is 0 Å². The van der Waals surface area contributed by atoms with Gasteiger partial charge >= 0.3 is 0 Å². The molecule has 1 atom stereocenters. The van der Waals surface area contributed by atoms with Crippen molar-refractivity contribution in [1.82, 2.24) is 10.2 Å². The quantitative estimate of drug-likeness (QED) is 0.889. The van der Waals surface area contributed by atoms with Crippen molar-refractivity contribution >= 4 is 17.5 Å². The molecule has 1 aliphatic rings. The Morgan fingerprint density at radius 1 is 1.56 bits per heavy atom. The highest BCUT2D eigenvalue weighted by atomic mass is 35.5. The van der Waals surface area contributed by atoms with Gasteiger partial charge in [-0.3, -0.25) is 4.79 Å². The van der Waals surface area contributed by atoms with Crippen LogP contribution in [0.1, 0.15) is 17.3 Å². The summed E-state index contributed by atoms with van der Waals surface area (Å²) in [5.74, 6) is 0.540. The first kappa shape index (κ1) is 13.2. The molecule has 1 aromatic rings. The van der Waals surface area contributed by atoms with Crippen LogP contribution in [-0.4, -0.2) is 43.6 Å². The molecule has 0 spiro atoms. The van der Waals surface area contributed by atoms with E-state index >= 15 is 0 Å². The van der Waals surface area contributed by atoms with Gasteiger partial charge in [-0.05, 0) is 25.1 Å². The highest BCUT2D eigenvalue weighted by Crippen LogP contribution is 2.24. The Morgan fingerprint density at radius 3 is 3.00 bits per heavy atom. The first-order valence-corrected chi connectivity index (χ1v) is 6.36. The van der Waals surface area contributed by atoms with Gasteiger partial charge in [-0.1, -0.05) is 11.6 Å². The molecule has 1 fully saturated rings. The first-order chi connectivity index (χ1) is 8.61. The third-order valence-corrected chi connectivity index (χ3v) is 3.28. The number of piperazine rings is 1. The van der Waals surface area contributed by atoms with Gasteiger partial charge in [-0.2, -0.15) is 0 Å². The lowest BCUT2D eigenvalue weighted by Crippen LogP contribution is -2.51. The lowest BCUT2D eigenvalue weighted by atomic mass is 10.1. The lowest BCUT2D eigenvalue weighted by Gasteiger charge is -2.32. The molecule has 0 aromatic heterocycles. The van der Waals surface area contributed by atoms with E-state index in [0.717, 1.165) is 6.54 Å². The number of halogens is 1. The average Bonchev–Trinajstić information content (AvgIpc) is 2.38. The molecular formula is C13H17ClN2O2. The van der Waals surface area contributed by atoms with E-state index in [9.17, 15) is 4.79 Å². The van der Waals surface area contributed by atoms with Gasteiger partial charge in [0.25, 0.3) is 5.91 Å². The summed E-state index contributed by atoms with van der Waals surface area (Å²) in [6.45, 7) is 4.29. The van der Waals surface area contributed by atoms with Crippen LogP contribution in [0.25, 0.3) is 0 Å². The second-order valence-electron chi connectivity index (χ2n) is 4.45. The molecular weight excluding hydrogens is 252 g/mol. The van der Waals surface area contributed by atoms with Crippen LogP contribution in [0.3, 0.4) is 0 Å². The van der Waals surface area contributed by atoms with Gasteiger partial charge in [0, 0.05) is 30.7 Å². The number of ether oxygens (including phenoxy) is 1. The smallest absolute Gasteiger partial charge is 0.257 e. The number of methoxy groups -OCH3 is 1. The summed E-state index contributed by atoms with van der Waals surface area (Å²) in [5.41, 5.74) is 0.527. The average molecular weight is 269 g/mol. The minimum Gasteiger partial charge on any atom is -0.496 e. The normalized spacial score (nSPS) is 19.7. The molecule has 0 radical (unpaired) electrons. The molecule has 1 N–H and O–H groups in total. The summed E-state index contributed by atoms with van der Waals surface area (Å²) in [4.78, 5) is 14.3. The zero-order chi connectivity index (χ0) is 13.1. The van der Waals surface area contributed by atoms with Crippen molar-refractivity contribution in [3.8, 4) is 5.75 Å². The van der Waals surface area contributed by atoms with Crippen LogP contribution in [0, 0.1) is 0 Å². The van der Waals surface area contributed by atoms with Gasteiger partial charge in [-0.15, -0.1) is 0 Å². The second-order valence-corrected chi connectivity index (χ2v) is 4.89. The number of nitrogens with zero attached hydrogens (tertiary/aromatic N) is 1. The number of hydrogen-bond donors (Lipinski definition) is 1. The Bertz CT molecular complexity index is 451. The third kappa shape index (κ3) is 2.76. The fraction of sp³-hybridized carbons (Fsp3) is 0.462. The van der Waals surface area contributed by atoms with E-state index in [1.54, 1.807) is 25.3 Å². The summed E-state index contributed by atoms with van der Waals surface area (Å²) < 4.78 is 5.22. The molecule has 1 aromatic carbocycles. The molecule has 1 unspecified atom stereocenters. The molecule has 98 valence electrons. The van der Waals surface area contributed by atoms with Crippen molar-refractivity contribution in [1.29, 1.82) is 0 Å². The number of carbonyl (C=O) groups excluding carboxylic acids is 1. The Morgan fingerprint density at radius 2 is 2.33 bits per heavy atom. The van der Waals surface area contributed by atoms with E-state index in [1.165, 1.54) is 0 Å². The highest BCUT2D eigenvalue weighted by molar-refractivity contribution is 6.31. The van der Waals surface area contributed by atoms with Gasteiger partial charge in [0.05, 0.1) is 12.7 Å². The Hall–Kier alpha value is -1.26. The van der Waals surface area contributed by atoms with E-state index in [1.807, 2.05) is 4.90 Å². The summed E-state index contributed by atoms with van der Waals surface area (Å²) in [6.07, 6.45) is 0. The van der Waals surface area contributed by atoms with E-state index in [4.69, 9.17) is 16.3 Å². The van der Waals surface area contributed by atoms with Crippen molar-refractivity contribution in [3.63, 3.8) is 0 Å². The first-order valence-electron chi connectivity index (χ1n) is 5.98. The number of nitrogens with one attached hydrogen (secondary N) is 1. The monoisotopic (exact) mass is 268 g/mol. The Labute approximate surface area is 112 Å². The van der Waals surface area contributed by atoms with Crippen LogP contribution in [0.5, 0.6) is 5.75 Å². The summed E-state index contributed by atoms with van der Waals surface area (Å²) in [6, 6.07) is 5.42. The number of rotatable bonds is 2. The summed E-state index contributed by atoms with van der Waals surface area (Å²) in [7, 11) is 1.56. The molecule has 1 aliphatic heterocycles. The van der Waals surface area contributed by atoms with Gasteiger partial charge in [-0.25, -0.2) is 0 Å². The zero-order valence-electron chi connectivity index (χ0n) is 10.6. The molecule has 4 nitrogen and oxygen atoms in total. The zero-order valence-corrected chi connectivity index (χ0v) is 11.3. The van der Waals surface area contributed by atoms with Gasteiger partial charge in [0.2, 0.25) is 0 Å². The molecule has 2 rings (SSSR count). The Kier molecular flexibility index (Phi) is 4.09. The number of benzene rings is 1. The van der Waals surface area contributed by atoms with E-state index in [-0.39, 0.29) is 5.91 Å². The van der Waals surface area contributed by atoms with Gasteiger partial charge in [0.1, 0.15) is 5.75 Å². The van der Waals surface area contributed by atoms with Crippen molar-refractivity contribution < 1.29 is 9.53 Å². The molecule has 5 heteroatoms. The van der Waals surface area contributed by atoms with Crippen molar-refractivity contribution in [2.75, 3.05) is 26.7 Å². The molecule has 0 aliphatic carbocycles. The van der Waals surface area contributed by atoms with Crippen molar-refractivity contribution in [2.45, 2.75) is 13.0 Å². The predicted molar refractivity (Wildman–Crippen MR) is 71.4 cm³/mol. The maximum absolute atomic E-state index is 12.4. The van der Waals surface area contributed by atoms with E-state index in [2.05, 4.69) is 12.2 Å². The fourth-order valence-corrected chi connectivity index (χ4v) is 2.31. The molecule has 1 amide bonds. The van der Waals surface area contributed by atoms with Crippen LogP contribution < -0.4 is 10.1 Å². The van der Waals surface area contributed by atoms with Crippen molar-refractivity contribution in [2.24, 2.45) is 0 Å². The molecule has 1 heterocycles.